The Bertz CT molecular complexity index is 455. The van der Waals surface area contributed by atoms with Gasteiger partial charge in [0.1, 0.15) is 0 Å². The maximum atomic E-state index is 10.8. The van der Waals surface area contributed by atoms with Gasteiger partial charge in [0.15, 0.2) is 0 Å². The van der Waals surface area contributed by atoms with Gasteiger partial charge in [0.05, 0.1) is 6.61 Å². The van der Waals surface area contributed by atoms with Gasteiger partial charge in [-0.2, -0.15) is 0 Å². The lowest BCUT2D eigenvalue weighted by molar-refractivity contribution is 0.112. The van der Waals surface area contributed by atoms with E-state index in [-0.39, 0.29) is 12.0 Å². The molecule has 188 valence electrons. The van der Waals surface area contributed by atoms with Crippen molar-refractivity contribution >= 4 is 7.82 Å². The highest BCUT2D eigenvalue weighted by molar-refractivity contribution is 7.46. The van der Waals surface area contributed by atoms with Crippen LogP contribution in [0.3, 0.4) is 0 Å². The molecule has 0 aliphatic carbocycles. The molecule has 0 aliphatic rings. The smallest absolute Gasteiger partial charge is 0.381 e. The first-order valence-electron chi connectivity index (χ1n) is 13.0. The normalized spacial score (nSPS) is 13.1. The fourth-order valence-corrected chi connectivity index (χ4v) is 5.22. The lowest BCUT2D eigenvalue weighted by atomic mass is 9.74. The third-order valence-electron chi connectivity index (χ3n) is 7.66. The van der Waals surface area contributed by atoms with Crippen molar-refractivity contribution in [3.05, 3.63) is 0 Å². The van der Waals surface area contributed by atoms with Crippen LogP contribution in [0.25, 0.3) is 0 Å². The monoisotopic (exact) mass is 464 g/mol. The van der Waals surface area contributed by atoms with Crippen LogP contribution in [-0.4, -0.2) is 29.6 Å². The van der Waals surface area contributed by atoms with E-state index in [0.717, 1.165) is 51.7 Å². The minimum atomic E-state index is -4.34. The van der Waals surface area contributed by atoms with Crippen LogP contribution in [0.2, 0.25) is 0 Å². The molecule has 0 atom stereocenters. The van der Waals surface area contributed by atoms with E-state index >= 15 is 0 Å². The molecule has 0 aliphatic heterocycles. The molecule has 0 saturated carbocycles. The number of hydrogen-bond donors (Lipinski definition) is 2. The number of unbranched alkanes of at least 4 members (excludes halogenated alkanes) is 3. The zero-order chi connectivity index (χ0) is 23.6. The largest absolute Gasteiger partial charge is 0.469 e. The Balaban J connectivity index is 3.98. The van der Waals surface area contributed by atoms with E-state index in [1.165, 1.54) is 51.4 Å². The van der Waals surface area contributed by atoms with E-state index in [1.807, 2.05) is 0 Å². The van der Waals surface area contributed by atoms with Gasteiger partial charge in [0.25, 0.3) is 0 Å². The molecule has 0 aromatic heterocycles. The summed E-state index contributed by atoms with van der Waals surface area (Å²) in [6, 6.07) is 0. The summed E-state index contributed by atoms with van der Waals surface area (Å²) in [5.41, 5.74) is 0.802. The summed E-state index contributed by atoms with van der Waals surface area (Å²) in [4.78, 5) is 17.6. The summed E-state index contributed by atoms with van der Waals surface area (Å²) in [6.07, 6.45) is 17.6. The molecule has 0 amide bonds. The van der Waals surface area contributed by atoms with Crippen LogP contribution in [0.1, 0.15) is 131 Å². The standard InChI is InChI=1S/C25H53O5P/c1-6-11-17-24(7-2,8-3)18-12-14-21-29-22-15-13-19-25(9-4,10-5)20-16-23-30-31(26,27)28/h6-23H2,1-5H3,(H2,26,27,28). The van der Waals surface area contributed by atoms with Gasteiger partial charge in [-0.3, -0.25) is 4.52 Å². The Hall–Kier alpha value is 0.0700. The molecule has 0 heterocycles. The van der Waals surface area contributed by atoms with E-state index in [4.69, 9.17) is 14.5 Å². The quantitative estimate of drug-likeness (QED) is 0.125. The van der Waals surface area contributed by atoms with Crippen molar-refractivity contribution in [3.63, 3.8) is 0 Å². The topological polar surface area (TPSA) is 76.0 Å². The number of ether oxygens (including phenoxy) is 1. The summed E-state index contributed by atoms with van der Waals surface area (Å²) >= 11 is 0. The van der Waals surface area contributed by atoms with Gasteiger partial charge in [-0.1, -0.05) is 86.0 Å². The van der Waals surface area contributed by atoms with Gasteiger partial charge in [-0.05, 0) is 55.8 Å². The van der Waals surface area contributed by atoms with E-state index in [0.29, 0.717) is 11.8 Å². The van der Waals surface area contributed by atoms with Crippen LogP contribution in [0.15, 0.2) is 0 Å². The molecule has 2 N–H and O–H groups in total. The molecule has 5 nitrogen and oxygen atoms in total. The maximum absolute atomic E-state index is 10.8. The van der Waals surface area contributed by atoms with Crippen LogP contribution < -0.4 is 0 Å². The SMILES string of the molecule is CCCCC(CC)(CC)CCCCOCCCCC(CC)(CC)CCCOP(=O)(O)O. The number of phosphoric ester groups is 1. The van der Waals surface area contributed by atoms with Crippen molar-refractivity contribution < 1.29 is 23.6 Å². The number of hydrogen-bond acceptors (Lipinski definition) is 3. The minimum Gasteiger partial charge on any atom is -0.381 e. The molecule has 0 fully saturated rings. The zero-order valence-electron chi connectivity index (χ0n) is 21.3. The average molecular weight is 465 g/mol. The molecule has 0 bridgehead atoms. The molecule has 0 unspecified atom stereocenters. The van der Waals surface area contributed by atoms with Crippen LogP contribution in [0, 0.1) is 10.8 Å². The van der Waals surface area contributed by atoms with Crippen LogP contribution >= 0.6 is 7.82 Å². The van der Waals surface area contributed by atoms with Crippen molar-refractivity contribution in [1.82, 2.24) is 0 Å². The lowest BCUT2D eigenvalue weighted by Crippen LogP contribution is -2.20. The van der Waals surface area contributed by atoms with Gasteiger partial charge in [-0.15, -0.1) is 0 Å². The van der Waals surface area contributed by atoms with Crippen molar-refractivity contribution in [3.8, 4) is 0 Å². The molecule has 0 aromatic rings. The van der Waals surface area contributed by atoms with Crippen molar-refractivity contribution in [1.29, 1.82) is 0 Å². The van der Waals surface area contributed by atoms with E-state index in [2.05, 4.69) is 39.1 Å². The summed E-state index contributed by atoms with van der Waals surface area (Å²) in [6.45, 7) is 13.3. The predicted octanol–water partition coefficient (Wildman–Crippen LogP) is 8.04. The summed E-state index contributed by atoms with van der Waals surface area (Å²) in [7, 11) is -4.34. The van der Waals surface area contributed by atoms with Crippen LogP contribution in [0.5, 0.6) is 0 Å². The molecule has 0 radical (unpaired) electrons. The molecule has 31 heavy (non-hydrogen) atoms. The summed E-state index contributed by atoms with van der Waals surface area (Å²) in [5, 5.41) is 0. The molecular weight excluding hydrogens is 411 g/mol. The third-order valence-corrected chi connectivity index (χ3v) is 8.18. The summed E-state index contributed by atoms with van der Waals surface area (Å²) < 4.78 is 21.3. The Morgan fingerprint density at radius 3 is 1.42 bits per heavy atom. The molecule has 6 heteroatoms. The highest BCUT2D eigenvalue weighted by Crippen LogP contribution is 2.40. The average Bonchev–Trinajstić information content (AvgIpc) is 2.76. The Labute approximate surface area is 193 Å². The first kappa shape index (κ1) is 31.1. The van der Waals surface area contributed by atoms with Crippen molar-refractivity contribution in [2.45, 2.75) is 131 Å². The molecule has 0 spiro atoms. The second-order valence-electron chi connectivity index (χ2n) is 9.47. The summed E-state index contributed by atoms with van der Waals surface area (Å²) in [5.74, 6) is 0. The van der Waals surface area contributed by atoms with Gasteiger partial charge in [0.2, 0.25) is 0 Å². The minimum absolute atomic E-state index is 0.130. The molecule has 0 rings (SSSR count). The second-order valence-corrected chi connectivity index (χ2v) is 10.7. The van der Waals surface area contributed by atoms with E-state index < -0.39 is 7.82 Å². The highest BCUT2D eigenvalue weighted by atomic mass is 31.2. The van der Waals surface area contributed by atoms with Crippen LogP contribution in [0.4, 0.5) is 0 Å². The van der Waals surface area contributed by atoms with Crippen molar-refractivity contribution in [2.75, 3.05) is 19.8 Å². The first-order valence-corrected chi connectivity index (χ1v) is 14.5. The van der Waals surface area contributed by atoms with Gasteiger partial charge in [-0.25, -0.2) is 4.57 Å². The predicted molar refractivity (Wildman–Crippen MR) is 131 cm³/mol. The highest BCUT2D eigenvalue weighted by Gasteiger charge is 2.26. The third kappa shape index (κ3) is 14.8. The molecular formula is C25H53O5P. The molecule has 0 aromatic carbocycles. The van der Waals surface area contributed by atoms with E-state index in [1.54, 1.807) is 0 Å². The van der Waals surface area contributed by atoms with Gasteiger partial charge in [0, 0.05) is 13.2 Å². The fourth-order valence-electron chi connectivity index (χ4n) is 4.86. The number of rotatable bonds is 22. The maximum Gasteiger partial charge on any atom is 0.469 e. The van der Waals surface area contributed by atoms with Gasteiger partial charge >= 0.3 is 7.82 Å². The van der Waals surface area contributed by atoms with Crippen molar-refractivity contribution in [2.24, 2.45) is 10.8 Å². The lowest BCUT2D eigenvalue weighted by Gasteiger charge is -2.32. The zero-order valence-corrected chi connectivity index (χ0v) is 22.2. The second kappa shape index (κ2) is 17.5. The first-order chi connectivity index (χ1) is 14.7. The van der Waals surface area contributed by atoms with E-state index in [9.17, 15) is 4.57 Å². The fraction of sp³-hybridized carbons (Fsp3) is 1.00. The number of phosphoric acid groups is 1. The Morgan fingerprint density at radius 1 is 0.613 bits per heavy atom. The molecule has 0 saturated heterocycles. The van der Waals surface area contributed by atoms with Crippen LogP contribution in [-0.2, 0) is 13.8 Å². The Morgan fingerprint density at radius 2 is 1.03 bits per heavy atom. The Kier molecular flexibility index (Phi) is 17.6. The van der Waals surface area contributed by atoms with Gasteiger partial charge < -0.3 is 14.5 Å².